The number of amides is 1. The molecule has 9 heteroatoms. The van der Waals surface area contributed by atoms with Gasteiger partial charge in [0, 0.05) is 35.4 Å². The van der Waals surface area contributed by atoms with E-state index in [1.807, 2.05) is 60.4 Å². The van der Waals surface area contributed by atoms with Crippen molar-refractivity contribution >= 4 is 40.5 Å². The number of halogens is 2. The van der Waals surface area contributed by atoms with Crippen LogP contribution in [0.1, 0.15) is 35.5 Å². The minimum absolute atomic E-state index is 0.172. The first-order valence-corrected chi connectivity index (χ1v) is 12.6. The van der Waals surface area contributed by atoms with Gasteiger partial charge in [0.05, 0.1) is 11.7 Å². The van der Waals surface area contributed by atoms with Gasteiger partial charge in [0.1, 0.15) is 23.4 Å². The lowest BCUT2D eigenvalue weighted by Crippen LogP contribution is -2.32. The Morgan fingerprint density at radius 1 is 1.16 bits per heavy atom. The molecule has 5 rings (SSSR count). The van der Waals surface area contributed by atoms with Crippen molar-refractivity contribution in [1.29, 1.82) is 0 Å². The van der Waals surface area contributed by atoms with Gasteiger partial charge in [-0.2, -0.15) is 0 Å². The number of rotatable bonds is 7. The van der Waals surface area contributed by atoms with E-state index in [1.165, 1.54) is 24.3 Å². The van der Waals surface area contributed by atoms with E-state index < -0.39 is 0 Å². The number of aryl methyl sites for hydroxylation is 1. The van der Waals surface area contributed by atoms with Crippen molar-refractivity contribution in [3.8, 4) is 11.3 Å². The number of anilines is 1. The summed E-state index contributed by atoms with van der Waals surface area (Å²) in [4.78, 5) is 19.2. The predicted molar refractivity (Wildman–Crippen MR) is 146 cm³/mol. The quantitative estimate of drug-likeness (QED) is 0.266. The van der Waals surface area contributed by atoms with Crippen molar-refractivity contribution in [2.75, 3.05) is 11.9 Å². The number of hydrogen-bond donors (Lipinski definition) is 2. The zero-order chi connectivity index (χ0) is 25.9. The third kappa shape index (κ3) is 5.50. The Labute approximate surface area is 224 Å². The van der Waals surface area contributed by atoms with Crippen molar-refractivity contribution in [2.45, 2.75) is 25.4 Å². The molecule has 188 valence electrons. The minimum atomic E-state index is -0.360. The fourth-order valence-corrected chi connectivity index (χ4v) is 4.95. The molecule has 37 heavy (non-hydrogen) atoms. The third-order valence-electron chi connectivity index (χ3n) is 6.29. The van der Waals surface area contributed by atoms with Gasteiger partial charge in [-0.05, 0) is 85.4 Å². The van der Waals surface area contributed by atoms with E-state index in [4.69, 9.17) is 28.2 Å². The van der Waals surface area contributed by atoms with Crippen LogP contribution in [0.25, 0.3) is 11.3 Å². The number of hydrogen-bond acceptors (Lipinski definition) is 4. The Kier molecular flexibility index (Phi) is 7.21. The van der Waals surface area contributed by atoms with Crippen LogP contribution in [0.4, 0.5) is 10.1 Å². The van der Waals surface area contributed by atoms with E-state index >= 15 is 0 Å². The fraction of sp³-hybridized carbons (Fsp3) is 0.179. The number of pyridine rings is 1. The van der Waals surface area contributed by atoms with Gasteiger partial charge in [0.15, 0.2) is 5.11 Å². The normalized spacial score (nSPS) is 17.1. The largest absolute Gasteiger partial charge is 0.459 e. The second-order valence-corrected chi connectivity index (χ2v) is 9.61. The summed E-state index contributed by atoms with van der Waals surface area (Å²) in [6, 6.07) is 20.3. The molecule has 6 nitrogen and oxygen atoms in total. The summed E-state index contributed by atoms with van der Waals surface area (Å²) in [5, 5.41) is 7.29. The number of carbonyl (C=O) groups excluding carboxylic acids is 1. The van der Waals surface area contributed by atoms with Gasteiger partial charge >= 0.3 is 0 Å². The number of furan rings is 1. The molecule has 3 heterocycles. The molecular formula is C28H24ClFN4O2S. The number of nitrogens with one attached hydrogen (secondary N) is 2. The lowest BCUT2D eigenvalue weighted by Gasteiger charge is -2.25. The van der Waals surface area contributed by atoms with E-state index in [0.717, 1.165) is 16.8 Å². The number of nitrogens with zero attached hydrogens (tertiary/aromatic N) is 2. The number of aromatic nitrogens is 1. The molecule has 1 aliphatic rings. The van der Waals surface area contributed by atoms with Crippen LogP contribution in [0.2, 0.25) is 5.02 Å². The lowest BCUT2D eigenvalue weighted by molar-refractivity contribution is -0.116. The first-order chi connectivity index (χ1) is 17.9. The van der Waals surface area contributed by atoms with Gasteiger partial charge in [-0.1, -0.05) is 23.7 Å². The van der Waals surface area contributed by atoms with Crippen LogP contribution in [-0.4, -0.2) is 27.4 Å². The molecule has 0 unspecified atom stereocenters. The summed E-state index contributed by atoms with van der Waals surface area (Å²) < 4.78 is 19.6. The van der Waals surface area contributed by atoms with E-state index in [9.17, 15) is 9.18 Å². The van der Waals surface area contributed by atoms with Crippen LogP contribution in [0, 0.1) is 12.7 Å². The molecule has 2 N–H and O–H groups in total. The summed E-state index contributed by atoms with van der Waals surface area (Å²) in [5.74, 6) is 0.822. The SMILES string of the molecule is Cc1ccc(Cl)cc1-c1ccc([C@@H]2[C@H](c3ccccn3)NC(=S)N2CCC(=O)Nc2ccc(F)cc2)o1. The molecule has 2 aromatic heterocycles. The van der Waals surface area contributed by atoms with Gasteiger partial charge in [-0.3, -0.25) is 9.78 Å². The van der Waals surface area contributed by atoms with Gasteiger partial charge < -0.3 is 20.0 Å². The topological polar surface area (TPSA) is 70.4 Å². The maximum Gasteiger partial charge on any atom is 0.226 e. The Morgan fingerprint density at radius 3 is 2.73 bits per heavy atom. The average molecular weight is 535 g/mol. The van der Waals surface area contributed by atoms with Gasteiger partial charge in [0.25, 0.3) is 0 Å². The Bertz CT molecular complexity index is 1430. The summed E-state index contributed by atoms with van der Waals surface area (Å²) >= 11 is 11.9. The van der Waals surface area contributed by atoms with E-state index in [1.54, 1.807) is 6.20 Å². The standard InChI is InChI=1S/C28H24ClFN4O2S/c1-17-5-6-18(29)16-21(17)23-11-12-24(36-23)27-26(22-4-2-3-14-31-22)33-28(37)34(27)15-13-25(35)32-20-9-7-19(30)8-10-20/h2-12,14,16,26-27H,13,15H2,1H3,(H,32,35)(H,33,37)/t26-,27+/m0/s1. The lowest BCUT2D eigenvalue weighted by atomic mass is 10.0. The van der Waals surface area contributed by atoms with Crippen molar-refractivity contribution in [1.82, 2.24) is 15.2 Å². The summed E-state index contributed by atoms with van der Waals surface area (Å²) in [7, 11) is 0. The number of benzene rings is 2. The molecule has 0 saturated carbocycles. The molecule has 4 aromatic rings. The van der Waals surface area contributed by atoms with Crippen LogP contribution in [0.5, 0.6) is 0 Å². The molecular weight excluding hydrogens is 511 g/mol. The zero-order valence-corrected chi connectivity index (χ0v) is 21.5. The zero-order valence-electron chi connectivity index (χ0n) is 19.9. The first kappa shape index (κ1) is 24.9. The van der Waals surface area contributed by atoms with E-state index in [2.05, 4.69) is 15.6 Å². The Hall–Kier alpha value is -3.75. The highest BCUT2D eigenvalue weighted by Gasteiger charge is 2.41. The Balaban J connectivity index is 1.41. The third-order valence-corrected chi connectivity index (χ3v) is 6.88. The maximum absolute atomic E-state index is 13.2. The second kappa shape index (κ2) is 10.7. The van der Waals surface area contributed by atoms with E-state index in [-0.39, 0.29) is 30.2 Å². The predicted octanol–water partition coefficient (Wildman–Crippen LogP) is 6.44. The van der Waals surface area contributed by atoms with Crippen molar-refractivity contribution in [3.63, 3.8) is 0 Å². The molecule has 1 fully saturated rings. The van der Waals surface area contributed by atoms with Crippen LogP contribution in [0.15, 0.2) is 83.4 Å². The highest BCUT2D eigenvalue weighted by atomic mass is 35.5. The van der Waals surface area contributed by atoms with Crippen molar-refractivity contribution in [3.05, 3.63) is 107 Å². The van der Waals surface area contributed by atoms with Crippen LogP contribution in [0.3, 0.4) is 0 Å². The molecule has 2 atom stereocenters. The molecule has 0 spiro atoms. The van der Waals surface area contributed by atoms with Gasteiger partial charge in [0.2, 0.25) is 5.91 Å². The highest BCUT2D eigenvalue weighted by molar-refractivity contribution is 7.80. The first-order valence-electron chi connectivity index (χ1n) is 11.8. The second-order valence-electron chi connectivity index (χ2n) is 8.79. The maximum atomic E-state index is 13.2. The average Bonchev–Trinajstić information content (AvgIpc) is 3.50. The van der Waals surface area contributed by atoms with Crippen LogP contribution >= 0.6 is 23.8 Å². The van der Waals surface area contributed by atoms with Gasteiger partial charge in [-0.15, -0.1) is 0 Å². The minimum Gasteiger partial charge on any atom is -0.459 e. The number of thiocarbonyl (C=S) groups is 1. The van der Waals surface area contributed by atoms with Crippen LogP contribution < -0.4 is 10.6 Å². The summed E-state index contributed by atoms with van der Waals surface area (Å²) in [6.45, 7) is 2.35. The van der Waals surface area contributed by atoms with Crippen molar-refractivity contribution in [2.24, 2.45) is 0 Å². The smallest absolute Gasteiger partial charge is 0.226 e. The molecule has 0 bridgehead atoms. The molecule has 2 aromatic carbocycles. The summed E-state index contributed by atoms with van der Waals surface area (Å²) in [6.07, 6.45) is 1.91. The number of carbonyl (C=O) groups is 1. The monoisotopic (exact) mass is 534 g/mol. The molecule has 1 amide bonds. The van der Waals surface area contributed by atoms with Crippen LogP contribution in [-0.2, 0) is 4.79 Å². The highest BCUT2D eigenvalue weighted by Crippen LogP contribution is 2.41. The summed E-state index contributed by atoms with van der Waals surface area (Å²) in [5.41, 5.74) is 3.29. The van der Waals surface area contributed by atoms with Crippen molar-refractivity contribution < 1.29 is 13.6 Å². The van der Waals surface area contributed by atoms with E-state index in [0.29, 0.717) is 33.9 Å². The molecule has 0 radical (unpaired) electrons. The Morgan fingerprint density at radius 2 is 1.97 bits per heavy atom. The molecule has 1 aliphatic heterocycles. The van der Waals surface area contributed by atoms with Gasteiger partial charge in [-0.25, -0.2) is 4.39 Å². The molecule has 1 saturated heterocycles. The fourth-order valence-electron chi connectivity index (χ4n) is 4.45. The molecule has 0 aliphatic carbocycles.